The van der Waals surface area contributed by atoms with Gasteiger partial charge in [-0.15, -0.1) is 6.58 Å². The summed E-state index contributed by atoms with van der Waals surface area (Å²) in [5, 5.41) is 2.90. The monoisotopic (exact) mass is 196 g/mol. The van der Waals surface area contributed by atoms with E-state index in [9.17, 15) is 4.79 Å². The normalized spacial score (nSPS) is 19.2. The Bertz CT molecular complexity index is 197. The minimum atomic E-state index is -0.422. The molecule has 3 heteroatoms. The van der Waals surface area contributed by atoms with Crippen molar-refractivity contribution in [3.8, 4) is 0 Å². The molecule has 0 bridgehead atoms. The van der Waals surface area contributed by atoms with Crippen LogP contribution in [0.1, 0.15) is 32.1 Å². The predicted molar refractivity (Wildman–Crippen MR) is 57.8 cm³/mol. The standard InChI is InChI=1S/C11H20N2O/c1-2-5-10(12)11(14)13-8-9-6-3-4-7-9/h2,9-10H,1,3-8,12H2,(H,13,14). The Balaban J connectivity index is 2.16. The molecule has 0 spiro atoms. The average Bonchev–Trinajstić information content (AvgIpc) is 2.67. The molecule has 0 aliphatic heterocycles. The molecule has 1 atom stereocenters. The van der Waals surface area contributed by atoms with Crippen molar-refractivity contribution in [2.24, 2.45) is 11.7 Å². The summed E-state index contributed by atoms with van der Waals surface area (Å²) in [6.45, 7) is 4.36. The van der Waals surface area contributed by atoms with Gasteiger partial charge in [-0.05, 0) is 25.2 Å². The molecule has 0 saturated heterocycles. The fourth-order valence-corrected chi connectivity index (χ4v) is 1.88. The SMILES string of the molecule is C=CCC(N)C(=O)NCC1CCCC1. The van der Waals surface area contributed by atoms with Crippen LogP contribution < -0.4 is 11.1 Å². The van der Waals surface area contributed by atoms with Crippen LogP contribution in [-0.2, 0) is 4.79 Å². The van der Waals surface area contributed by atoms with Crippen LogP contribution in [0.4, 0.5) is 0 Å². The molecule has 3 nitrogen and oxygen atoms in total. The Kier molecular flexibility index (Phi) is 4.66. The smallest absolute Gasteiger partial charge is 0.237 e. The summed E-state index contributed by atoms with van der Waals surface area (Å²) >= 11 is 0. The van der Waals surface area contributed by atoms with Gasteiger partial charge in [-0.1, -0.05) is 18.9 Å². The second kappa shape index (κ2) is 5.81. The number of carbonyl (C=O) groups excluding carboxylic acids is 1. The lowest BCUT2D eigenvalue weighted by molar-refractivity contribution is -0.122. The van der Waals surface area contributed by atoms with E-state index in [1.807, 2.05) is 0 Å². The lowest BCUT2D eigenvalue weighted by atomic mass is 10.1. The van der Waals surface area contributed by atoms with Crippen LogP contribution in [0, 0.1) is 5.92 Å². The van der Waals surface area contributed by atoms with E-state index in [0.717, 1.165) is 6.54 Å². The minimum Gasteiger partial charge on any atom is -0.354 e. The Hall–Kier alpha value is -0.830. The summed E-state index contributed by atoms with van der Waals surface area (Å²) in [5.41, 5.74) is 5.63. The molecule has 14 heavy (non-hydrogen) atoms. The highest BCUT2D eigenvalue weighted by Gasteiger charge is 2.17. The molecule has 0 aromatic heterocycles. The number of rotatable bonds is 5. The van der Waals surface area contributed by atoms with Crippen molar-refractivity contribution in [2.75, 3.05) is 6.54 Å². The maximum atomic E-state index is 11.4. The second-order valence-corrected chi connectivity index (χ2v) is 4.03. The third-order valence-electron chi connectivity index (χ3n) is 2.80. The lowest BCUT2D eigenvalue weighted by Gasteiger charge is -2.13. The molecule has 0 aromatic carbocycles. The van der Waals surface area contributed by atoms with E-state index in [0.29, 0.717) is 12.3 Å². The Morgan fingerprint density at radius 1 is 1.57 bits per heavy atom. The van der Waals surface area contributed by atoms with Gasteiger partial charge in [-0.3, -0.25) is 4.79 Å². The van der Waals surface area contributed by atoms with E-state index in [4.69, 9.17) is 5.73 Å². The zero-order valence-corrected chi connectivity index (χ0v) is 8.67. The van der Waals surface area contributed by atoms with Crippen LogP contribution in [-0.4, -0.2) is 18.5 Å². The summed E-state index contributed by atoms with van der Waals surface area (Å²) in [4.78, 5) is 11.4. The molecule has 1 aliphatic carbocycles. The first-order chi connectivity index (χ1) is 6.74. The van der Waals surface area contributed by atoms with E-state index in [1.165, 1.54) is 25.7 Å². The van der Waals surface area contributed by atoms with Crippen LogP contribution >= 0.6 is 0 Å². The molecule has 0 radical (unpaired) electrons. The maximum absolute atomic E-state index is 11.4. The number of nitrogens with one attached hydrogen (secondary N) is 1. The van der Waals surface area contributed by atoms with E-state index in [-0.39, 0.29) is 5.91 Å². The molecule has 0 aromatic rings. The van der Waals surface area contributed by atoms with Gasteiger partial charge in [-0.25, -0.2) is 0 Å². The summed E-state index contributed by atoms with van der Waals surface area (Å²) in [5.74, 6) is 0.631. The summed E-state index contributed by atoms with van der Waals surface area (Å²) in [7, 11) is 0. The van der Waals surface area contributed by atoms with Crippen molar-refractivity contribution in [3.05, 3.63) is 12.7 Å². The zero-order chi connectivity index (χ0) is 10.4. The van der Waals surface area contributed by atoms with Crippen molar-refractivity contribution in [3.63, 3.8) is 0 Å². The molecule has 3 N–H and O–H groups in total. The van der Waals surface area contributed by atoms with Crippen molar-refractivity contribution >= 4 is 5.91 Å². The first-order valence-electron chi connectivity index (χ1n) is 5.38. The van der Waals surface area contributed by atoms with Crippen molar-refractivity contribution < 1.29 is 4.79 Å². The van der Waals surface area contributed by atoms with Gasteiger partial charge >= 0.3 is 0 Å². The molecule has 0 heterocycles. The first kappa shape index (κ1) is 11.2. The van der Waals surface area contributed by atoms with Gasteiger partial charge in [0.25, 0.3) is 0 Å². The van der Waals surface area contributed by atoms with Crippen LogP contribution in [0.25, 0.3) is 0 Å². The van der Waals surface area contributed by atoms with Crippen molar-refractivity contribution in [2.45, 2.75) is 38.1 Å². The highest BCUT2D eigenvalue weighted by molar-refractivity contribution is 5.81. The molecule has 1 unspecified atom stereocenters. The second-order valence-electron chi connectivity index (χ2n) is 4.03. The van der Waals surface area contributed by atoms with E-state index < -0.39 is 6.04 Å². The van der Waals surface area contributed by atoms with Crippen molar-refractivity contribution in [1.82, 2.24) is 5.32 Å². The zero-order valence-electron chi connectivity index (χ0n) is 8.67. The fraction of sp³-hybridized carbons (Fsp3) is 0.727. The van der Waals surface area contributed by atoms with Crippen molar-refractivity contribution in [1.29, 1.82) is 0 Å². The average molecular weight is 196 g/mol. The highest BCUT2D eigenvalue weighted by atomic mass is 16.2. The van der Waals surface area contributed by atoms with Crippen LogP contribution in [0.3, 0.4) is 0 Å². The van der Waals surface area contributed by atoms with Gasteiger partial charge in [0.2, 0.25) is 5.91 Å². The molecular weight excluding hydrogens is 176 g/mol. The van der Waals surface area contributed by atoms with Crippen LogP contribution in [0.2, 0.25) is 0 Å². The largest absolute Gasteiger partial charge is 0.354 e. The topological polar surface area (TPSA) is 55.1 Å². The van der Waals surface area contributed by atoms with E-state index in [2.05, 4.69) is 11.9 Å². The number of carbonyl (C=O) groups is 1. The van der Waals surface area contributed by atoms with Gasteiger partial charge in [0, 0.05) is 6.54 Å². The summed E-state index contributed by atoms with van der Waals surface area (Å²) in [6.07, 6.45) is 7.34. The van der Waals surface area contributed by atoms with Crippen LogP contribution in [0.5, 0.6) is 0 Å². The molecule has 1 saturated carbocycles. The predicted octanol–water partition coefficient (Wildman–Crippen LogP) is 1.20. The summed E-state index contributed by atoms with van der Waals surface area (Å²) < 4.78 is 0. The summed E-state index contributed by atoms with van der Waals surface area (Å²) in [6, 6.07) is -0.422. The Morgan fingerprint density at radius 3 is 2.79 bits per heavy atom. The Morgan fingerprint density at radius 2 is 2.21 bits per heavy atom. The van der Waals surface area contributed by atoms with Gasteiger partial charge in [0.05, 0.1) is 6.04 Å². The first-order valence-corrected chi connectivity index (χ1v) is 5.38. The molecular formula is C11H20N2O. The third kappa shape index (κ3) is 3.50. The quantitative estimate of drug-likeness (QED) is 0.649. The van der Waals surface area contributed by atoms with Gasteiger partial charge in [0.15, 0.2) is 0 Å². The lowest BCUT2D eigenvalue weighted by Crippen LogP contribution is -2.41. The molecule has 80 valence electrons. The van der Waals surface area contributed by atoms with E-state index >= 15 is 0 Å². The number of hydrogen-bond donors (Lipinski definition) is 2. The van der Waals surface area contributed by atoms with E-state index in [1.54, 1.807) is 6.08 Å². The molecule has 1 amide bonds. The third-order valence-corrected chi connectivity index (χ3v) is 2.80. The number of nitrogens with two attached hydrogens (primary N) is 1. The highest BCUT2D eigenvalue weighted by Crippen LogP contribution is 2.23. The fourth-order valence-electron chi connectivity index (χ4n) is 1.88. The van der Waals surface area contributed by atoms with Crippen LogP contribution in [0.15, 0.2) is 12.7 Å². The number of hydrogen-bond acceptors (Lipinski definition) is 2. The molecule has 1 aliphatic rings. The number of amides is 1. The minimum absolute atomic E-state index is 0.0446. The molecule has 1 rings (SSSR count). The van der Waals surface area contributed by atoms with Gasteiger partial charge in [-0.2, -0.15) is 0 Å². The van der Waals surface area contributed by atoms with Gasteiger partial charge in [0.1, 0.15) is 0 Å². The Labute approximate surface area is 85.7 Å². The van der Waals surface area contributed by atoms with Gasteiger partial charge < -0.3 is 11.1 Å². The molecule has 1 fully saturated rings. The maximum Gasteiger partial charge on any atom is 0.237 e.